The van der Waals surface area contributed by atoms with Crippen molar-refractivity contribution >= 4 is 89.8 Å². The van der Waals surface area contributed by atoms with Gasteiger partial charge in [0, 0.05) is 10.7 Å². The van der Waals surface area contributed by atoms with Crippen molar-refractivity contribution in [2.45, 2.75) is 4.90 Å². The highest BCUT2D eigenvalue weighted by Gasteiger charge is 2.21. The van der Waals surface area contributed by atoms with Crippen LogP contribution in [0, 0.1) is 10.7 Å². The van der Waals surface area contributed by atoms with Crippen LogP contribution >= 0.6 is 67.8 Å². The molecule has 3 aromatic carbocycles. The Morgan fingerprint density at radius 1 is 0.742 bits per heavy atom. The zero-order valence-corrected chi connectivity index (χ0v) is 22.5. The molecule has 7 nitrogen and oxygen atoms in total. The maximum atomic E-state index is 12.7. The van der Waals surface area contributed by atoms with Crippen LogP contribution in [0.15, 0.2) is 65.6 Å². The summed E-state index contributed by atoms with van der Waals surface area (Å²) in [5, 5.41) is 0. The van der Waals surface area contributed by atoms with E-state index in [1.165, 1.54) is 24.3 Å². The van der Waals surface area contributed by atoms with Gasteiger partial charge in [-0.2, -0.15) is 0 Å². The molecule has 0 spiro atoms. The van der Waals surface area contributed by atoms with E-state index in [1.807, 2.05) is 0 Å². The molecule has 0 N–H and O–H groups in total. The molecule has 0 aliphatic carbocycles. The molecular formula is C20H10I3O7S-. The van der Waals surface area contributed by atoms with Gasteiger partial charge in [0.25, 0.3) is 0 Å². The Bertz CT molecular complexity index is 1250. The lowest BCUT2D eigenvalue weighted by molar-refractivity contribution is 0.0692. The summed E-state index contributed by atoms with van der Waals surface area (Å²) in [5.74, 6) is -1.20. The van der Waals surface area contributed by atoms with Crippen molar-refractivity contribution < 1.29 is 32.0 Å². The van der Waals surface area contributed by atoms with Crippen LogP contribution in [0.5, 0.6) is 11.5 Å². The van der Waals surface area contributed by atoms with Crippen molar-refractivity contribution in [3.63, 3.8) is 0 Å². The lowest BCUT2D eigenvalue weighted by atomic mass is 10.1. The van der Waals surface area contributed by atoms with Crippen molar-refractivity contribution in [1.82, 2.24) is 0 Å². The van der Waals surface area contributed by atoms with Gasteiger partial charge in [-0.25, -0.2) is 18.0 Å². The third kappa shape index (κ3) is 6.15. The fourth-order valence-corrected chi connectivity index (χ4v) is 6.78. The minimum Gasteiger partial charge on any atom is -0.744 e. The van der Waals surface area contributed by atoms with Gasteiger partial charge in [0.1, 0.15) is 21.6 Å². The number of esters is 2. The molecule has 0 unspecified atom stereocenters. The first-order chi connectivity index (χ1) is 14.6. The summed E-state index contributed by atoms with van der Waals surface area (Å²) >= 11 is 5.48. The van der Waals surface area contributed by atoms with E-state index in [0.29, 0.717) is 5.75 Å². The van der Waals surface area contributed by atoms with Gasteiger partial charge < -0.3 is 14.0 Å². The number of carbonyl (C=O) groups is 2. The van der Waals surface area contributed by atoms with Crippen LogP contribution in [0.4, 0.5) is 0 Å². The van der Waals surface area contributed by atoms with Gasteiger partial charge in [-0.3, -0.25) is 0 Å². The summed E-state index contributed by atoms with van der Waals surface area (Å²) in [6.07, 6.45) is 0. The maximum absolute atomic E-state index is 12.7. The molecule has 0 heterocycles. The van der Waals surface area contributed by atoms with Crippen LogP contribution in [0.2, 0.25) is 0 Å². The van der Waals surface area contributed by atoms with E-state index in [2.05, 4.69) is 22.6 Å². The van der Waals surface area contributed by atoms with Gasteiger partial charge in [-0.1, -0.05) is 12.1 Å². The predicted molar refractivity (Wildman–Crippen MR) is 135 cm³/mol. The second-order valence-corrected chi connectivity index (χ2v) is 10.8. The lowest BCUT2D eigenvalue weighted by Gasteiger charge is -2.14. The topological polar surface area (TPSA) is 110 Å². The first kappa shape index (κ1) is 24.3. The molecule has 3 rings (SSSR count). The quantitative estimate of drug-likeness (QED) is 0.158. The number of carbonyl (C=O) groups excluding carboxylic acids is 2. The fraction of sp³-hybridized carbons (Fsp3) is 0. The molecule has 0 bridgehead atoms. The van der Waals surface area contributed by atoms with E-state index in [0.717, 1.165) is 3.57 Å². The predicted octanol–water partition coefficient (Wildman–Crippen LogP) is 4.84. The normalized spacial score (nSPS) is 11.1. The molecule has 0 atom stereocenters. The largest absolute Gasteiger partial charge is 0.744 e. The average molecular weight is 775 g/mol. The van der Waals surface area contributed by atoms with Crippen LogP contribution in [0.3, 0.4) is 0 Å². The van der Waals surface area contributed by atoms with Crippen molar-refractivity contribution in [1.29, 1.82) is 0 Å². The maximum Gasteiger partial charge on any atom is 0.344 e. The number of halogens is 3. The Labute approximate surface area is 218 Å². The second kappa shape index (κ2) is 10.1. The van der Waals surface area contributed by atoms with E-state index in [-0.39, 0.29) is 28.9 Å². The molecule has 0 amide bonds. The molecule has 0 aliphatic rings. The fourth-order valence-electron chi connectivity index (χ4n) is 2.50. The van der Waals surface area contributed by atoms with Gasteiger partial charge in [0.2, 0.25) is 0 Å². The Morgan fingerprint density at radius 3 is 1.65 bits per heavy atom. The van der Waals surface area contributed by atoms with Gasteiger partial charge >= 0.3 is 11.9 Å². The SMILES string of the molecule is O=C(Oc1ccc(I)cc1)c1ccccc1C(=O)Oc1cc(I)c(S(=O)(=O)[O-])c(I)c1. The Hall–Kier alpha value is -1.30. The number of hydrogen-bond donors (Lipinski definition) is 0. The molecule has 11 heteroatoms. The zero-order valence-electron chi connectivity index (χ0n) is 15.2. The van der Waals surface area contributed by atoms with Crippen LogP contribution in [-0.4, -0.2) is 24.9 Å². The summed E-state index contributed by atoms with van der Waals surface area (Å²) < 4.78 is 46.1. The summed E-state index contributed by atoms with van der Waals surface area (Å²) in [5.41, 5.74) is -0.0160. The summed E-state index contributed by atoms with van der Waals surface area (Å²) in [7, 11) is -4.68. The summed E-state index contributed by atoms with van der Waals surface area (Å²) in [6, 6.07) is 15.4. The molecule has 31 heavy (non-hydrogen) atoms. The van der Waals surface area contributed by atoms with Gasteiger partial charge in [0.05, 0.1) is 16.0 Å². The van der Waals surface area contributed by atoms with Crippen molar-refractivity contribution in [3.8, 4) is 11.5 Å². The average Bonchev–Trinajstić information content (AvgIpc) is 2.68. The molecule has 0 saturated heterocycles. The van der Waals surface area contributed by atoms with Crippen LogP contribution in [0.1, 0.15) is 20.7 Å². The molecule has 0 radical (unpaired) electrons. The first-order valence-electron chi connectivity index (χ1n) is 8.30. The van der Waals surface area contributed by atoms with E-state index in [4.69, 9.17) is 9.47 Å². The highest BCUT2D eigenvalue weighted by Crippen LogP contribution is 2.29. The summed E-state index contributed by atoms with van der Waals surface area (Å²) in [6.45, 7) is 0. The third-order valence-electron chi connectivity index (χ3n) is 3.82. The molecule has 160 valence electrons. The summed E-state index contributed by atoms with van der Waals surface area (Å²) in [4.78, 5) is 24.9. The van der Waals surface area contributed by atoms with Crippen molar-refractivity contribution in [3.05, 3.63) is 82.5 Å². The van der Waals surface area contributed by atoms with Crippen molar-refractivity contribution in [2.75, 3.05) is 0 Å². The van der Waals surface area contributed by atoms with Crippen LogP contribution in [0.25, 0.3) is 0 Å². The molecule has 0 aliphatic heterocycles. The highest BCUT2D eigenvalue weighted by atomic mass is 127. The zero-order chi connectivity index (χ0) is 22.8. The van der Waals surface area contributed by atoms with E-state index in [1.54, 1.807) is 81.6 Å². The van der Waals surface area contributed by atoms with E-state index >= 15 is 0 Å². The minimum atomic E-state index is -4.68. The number of benzene rings is 3. The van der Waals surface area contributed by atoms with Crippen LogP contribution < -0.4 is 9.47 Å². The Balaban J connectivity index is 1.86. The van der Waals surface area contributed by atoms with Gasteiger partial charge in [-0.15, -0.1) is 0 Å². The minimum absolute atomic E-state index is 0.00852. The molecule has 3 aromatic rings. The smallest absolute Gasteiger partial charge is 0.344 e. The lowest BCUT2D eigenvalue weighted by Crippen LogP contribution is -2.17. The monoisotopic (exact) mass is 775 g/mol. The first-order valence-corrected chi connectivity index (χ1v) is 12.9. The molecule has 0 fully saturated rings. The Morgan fingerprint density at radius 2 is 1.19 bits per heavy atom. The second-order valence-electron chi connectivity index (χ2n) is 5.95. The number of rotatable bonds is 5. The van der Waals surface area contributed by atoms with Crippen molar-refractivity contribution in [2.24, 2.45) is 0 Å². The Kier molecular flexibility index (Phi) is 7.93. The van der Waals surface area contributed by atoms with E-state index in [9.17, 15) is 22.6 Å². The number of ether oxygens (including phenoxy) is 2. The molecular weight excluding hydrogens is 765 g/mol. The van der Waals surface area contributed by atoms with Gasteiger partial charge in [-0.05, 0) is 116 Å². The number of hydrogen-bond acceptors (Lipinski definition) is 7. The van der Waals surface area contributed by atoms with Gasteiger partial charge in [0.15, 0.2) is 0 Å². The molecule has 0 aromatic heterocycles. The highest BCUT2D eigenvalue weighted by molar-refractivity contribution is 14.1. The standard InChI is InChI=1S/C20H11I3O7S/c21-11-5-7-12(8-6-11)29-19(24)14-3-1-2-4-15(14)20(25)30-13-9-16(22)18(17(23)10-13)31(26,27)28/h1-10H,(H,26,27,28)/p-1. The third-order valence-corrected chi connectivity index (χ3v) is 7.92. The van der Waals surface area contributed by atoms with Crippen LogP contribution in [-0.2, 0) is 10.1 Å². The van der Waals surface area contributed by atoms with E-state index < -0.39 is 22.1 Å². The molecule has 0 saturated carbocycles.